The number of aromatic nitrogens is 1. The normalized spacial score (nSPS) is 20.4. The summed E-state index contributed by atoms with van der Waals surface area (Å²) in [6, 6.07) is 10.2. The Balaban J connectivity index is 1.46. The van der Waals surface area contributed by atoms with Crippen molar-refractivity contribution >= 4 is 29.0 Å². The van der Waals surface area contributed by atoms with Crippen molar-refractivity contribution in [3.05, 3.63) is 57.2 Å². The summed E-state index contributed by atoms with van der Waals surface area (Å²) < 4.78 is 0. The van der Waals surface area contributed by atoms with Crippen LogP contribution in [0.2, 0.25) is 10.0 Å². The first-order valence-electron chi connectivity index (χ1n) is 8.48. The van der Waals surface area contributed by atoms with Crippen LogP contribution in [0, 0.1) is 11.3 Å². The second-order valence-electron chi connectivity index (χ2n) is 6.55. The van der Waals surface area contributed by atoms with Gasteiger partial charge in [-0.25, -0.2) is 4.98 Å². The quantitative estimate of drug-likeness (QED) is 0.796. The minimum absolute atomic E-state index is 0.405. The topological polar surface area (TPSA) is 43.2 Å². The number of rotatable bonds is 2. The first-order chi connectivity index (χ1) is 12.2. The Morgan fingerprint density at radius 1 is 1.12 bits per heavy atom. The van der Waals surface area contributed by atoms with Gasteiger partial charge in [0.05, 0.1) is 5.56 Å². The number of hydrogen-bond donors (Lipinski definition) is 0. The van der Waals surface area contributed by atoms with Crippen LogP contribution in [0.4, 0.5) is 5.82 Å². The number of nitrogens with zero attached hydrogens (tertiary/aromatic N) is 4. The third-order valence-electron chi connectivity index (χ3n) is 5.18. The van der Waals surface area contributed by atoms with Crippen LogP contribution >= 0.6 is 23.2 Å². The van der Waals surface area contributed by atoms with Gasteiger partial charge >= 0.3 is 0 Å². The van der Waals surface area contributed by atoms with Crippen molar-refractivity contribution in [1.29, 1.82) is 5.26 Å². The average molecular weight is 373 g/mol. The van der Waals surface area contributed by atoms with Crippen LogP contribution in [0.1, 0.15) is 29.2 Å². The van der Waals surface area contributed by atoms with E-state index in [1.165, 1.54) is 11.1 Å². The van der Waals surface area contributed by atoms with Crippen LogP contribution in [-0.4, -0.2) is 36.1 Å². The molecule has 0 saturated carbocycles. The summed E-state index contributed by atoms with van der Waals surface area (Å²) in [5.41, 5.74) is 3.15. The molecule has 0 unspecified atom stereocenters. The molecule has 0 N–H and O–H groups in total. The Kier molecular flexibility index (Phi) is 4.56. The molecule has 4 rings (SSSR count). The summed E-state index contributed by atoms with van der Waals surface area (Å²) in [5.74, 6) is 0.941. The Morgan fingerprint density at radius 2 is 1.92 bits per heavy atom. The molecule has 0 amide bonds. The minimum atomic E-state index is 0.405. The maximum Gasteiger partial charge on any atom is 0.128 e. The number of hydrogen-bond acceptors (Lipinski definition) is 4. The number of benzene rings is 1. The van der Waals surface area contributed by atoms with E-state index in [9.17, 15) is 0 Å². The molecule has 1 aliphatic carbocycles. The lowest BCUT2D eigenvalue weighted by Crippen LogP contribution is -2.47. The zero-order valence-corrected chi connectivity index (χ0v) is 15.3. The molecule has 25 heavy (non-hydrogen) atoms. The molecule has 4 nitrogen and oxygen atoms in total. The molecule has 1 atom stereocenters. The van der Waals surface area contributed by atoms with Crippen molar-refractivity contribution < 1.29 is 0 Å². The second-order valence-corrected chi connectivity index (χ2v) is 7.39. The van der Waals surface area contributed by atoms with Crippen LogP contribution in [0.15, 0.2) is 30.5 Å². The molecule has 0 bridgehead atoms. The Morgan fingerprint density at radius 3 is 2.60 bits per heavy atom. The summed E-state index contributed by atoms with van der Waals surface area (Å²) in [6.07, 6.45) is 3.76. The lowest BCUT2D eigenvalue weighted by atomic mass is 10.1. The van der Waals surface area contributed by atoms with Gasteiger partial charge in [0.1, 0.15) is 11.9 Å². The van der Waals surface area contributed by atoms with Crippen LogP contribution in [0.3, 0.4) is 0 Å². The molecule has 2 aromatic rings. The van der Waals surface area contributed by atoms with Crippen molar-refractivity contribution in [3.63, 3.8) is 0 Å². The van der Waals surface area contributed by atoms with Gasteiger partial charge in [0.15, 0.2) is 0 Å². The maximum absolute atomic E-state index is 8.88. The molecule has 1 aromatic heterocycles. The fourth-order valence-electron chi connectivity index (χ4n) is 3.90. The number of pyridine rings is 1. The first-order valence-corrected chi connectivity index (χ1v) is 9.24. The van der Waals surface area contributed by atoms with Crippen molar-refractivity contribution in [2.24, 2.45) is 0 Å². The van der Waals surface area contributed by atoms with Crippen molar-refractivity contribution in [2.75, 3.05) is 31.1 Å². The van der Waals surface area contributed by atoms with Gasteiger partial charge in [-0.1, -0.05) is 23.2 Å². The molecule has 6 heteroatoms. The van der Waals surface area contributed by atoms with Crippen LogP contribution in [0.25, 0.3) is 0 Å². The molecule has 2 aliphatic rings. The lowest BCUT2D eigenvalue weighted by molar-refractivity contribution is 0.185. The highest BCUT2D eigenvalue weighted by atomic mass is 35.5. The highest BCUT2D eigenvalue weighted by molar-refractivity contribution is 6.35. The number of nitriles is 1. The number of fused-ring (bicyclic) bond motifs is 1. The standard InChI is InChI=1S/C19H18Cl2N4/c20-14-9-16-15(17(21)10-14)2-3-18(16)24-5-7-25(8-6-24)19-4-1-13(11-22)12-23-19/h1,4,9-10,12,18H,2-3,5-8H2/t18-/m0/s1. The van der Waals surface area contributed by atoms with E-state index < -0.39 is 0 Å². The van der Waals surface area contributed by atoms with Crippen molar-refractivity contribution in [1.82, 2.24) is 9.88 Å². The van der Waals surface area contributed by atoms with Crippen LogP contribution in [-0.2, 0) is 6.42 Å². The lowest BCUT2D eigenvalue weighted by Gasteiger charge is -2.39. The third-order valence-corrected chi connectivity index (χ3v) is 5.73. The molecular formula is C19H18Cl2N4. The molecule has 1 saturated heterocycles. The number of piperazine rings is 1. The van der Waals surface area contributed by atoms with Gasteiger partial charge in [-0.2, -0.15) is 5.26 Å². The predicted molar refractivity (Wildman–Crippen MR) is 100 cm³/mol. The number of halogens is 2. The third kappa shape index (κ3) is 3.20. The van der Waals surface area contributed by atoms with Crippen LogP contribution < -0.4 is 4.90 Å². The van der Waals surface area contributed by atoms with Gasteiger partial charge in [0.25, 0.3) is 0 Å². The van der Waals surface area contributed by atoms with E-state index in [0.717, 1.165) is 54.9 Å². The van der Waals surface area contributed by atoms with E-state index >= 15 is 0 Å². The smallest absolute Gasteiger partial charge is 0.128 e. The first kappa shape index (κ1) is 16.7. The average Bonchev–Trinajstić information content (AvgIpc) is 3.06. The van der Waals surface area contributed by atoms with E-state index in [2.05, 4.69) is 26.9 Å². The Hall–Kier alpha value is -1.80. The van der Waals surface area contributed by atoms with Crippen LogP contribution in [0.5, 0.6) is 0 Å². The van der Waals surface area contributed by atoms with Gasteiger partial charge in [-0.05, 0) is 48.2 Å². The van der Waals surface area contributed by atoms with E-state index in [1.807, 2.05) is 18.2 Å². The van der Waals surface area contributed by atoms with Gasteiger partial charge in [0, 0.05) is 48.5 Å². The fourth-order valence-corrected chi connectivity index (χ4v) is 4.51. The monoisotopic (exact) mass is 372 g/mol. The summed E-state index contributed by atoms with van der Waals surface area (Å²) in [4.78, 5) is 9.21. The Labute approximate surface area is 157 Å². The van der Waals surface area contributed by atoms with Gasteiger partial charge in [0.2, 0.25) is 0 Å². The zero-order chi connectivity index (χ0) is 17.4. The van der Waals surface area contributed by atoms with Gasteiger partial charge in [-0.3, -0.25) is 4.90 Å². The number of anilines is 1. The van der Waals surface area contributed by atoms with Gasteiger partial charge < -0.3 is 4.90 Å². The van der Waals surface area contributed by atoms with E-state index in [-0.39, 0.29) is 0 Å². The largest absolute Gasteiger partial charge is 0.354 e. The molecule has 0 radical (unpaired) electrons. The predicted octanol–water partition coefficient (Wildman–Crippen LogP) is 4.07. The van der Waals surface area contributed by atoms with Gasteiger partial charge in [-0.15, -0.1) is 0 Å². The summed E-state index contributed by atoms with van der Waals surface area (Å²) >= 11 is 12.6. The highest BCUT2D eigenvalue weighted by Gasteiger charge is 2.32. The Bertz CT molecular complexity index is 821. The molecule has 128 valence electrons. The summed E-state index contributed by atoms with van der Waals surface area (Å²) in [7, 11) is 0. The summed E-state index contributed by atoms with van der Waals surface area (Å²) in [5, 5.41) is 10.4. The summed E-state index contributed by atoms with van der Waals surface area (Å²) in [6.45, 7) is 3.82. The maximum atomic E-state index is 8.88. The zero-order valence-electron chi connectivity index (χ0n) is 13.8. The SMILES string of the molecule is N#Cc1ccc(N2CCN([C@H]3CCc4c(Cl)cc(Cl)cc43)CC2)nc1. The molecule has 1 fully saturated rings. The molecule has 1 aromatic carbocycles. The van der Waals surface area contributed by atoms with E-state index in [1.54, 1.807) is 6.20 Å². The second kappa shape index (κ2) is 6.84. The fraction of sp³-hybridized carbons (Fsp3) is 0.368. The van der Waals surface area contributed by atoms with E-state index in [4.69, 9.17) is 28.5 Å². The molecule has 1 aliphatic heterocycles. The van der Waals surface area contributed by atoms with Crippen molar-refractivity contribution in [2.45, 2.75) is 18.9 Å². The minimum Gasteiger partial charge on any atom is -0.354 e. The molecule has 2 heterocycles. The van der Waals surface area contributed by atoms with Crippen molar-refractivity contribution in [3.8, 4) is 6.07 Å². The molecule has 0 spiro atoms. The van der Waals surface area contributed by atoms with E-state index in [0.29, 0.717) is 11.6 Å². The molecular weight excluding hydrogens is 355 g/mol. The highest BCUT2D eigenvalue weighted by Crippen LogP contribution is 2.41.